The third-order valence-corrected chi connectivity index (χ3v) is 4.44. The summed E-state index contributed by atoms with van der Waals surface area (Å²) in [7, 11) is 0. The van der Waals surface area contributed by atoms with Gasteiger partial charge >= 0.3 is 5.97 Å². The Labute approximate surface area is 154 Å². The third-order valence-electron chi connectivity index (χ3n) is 4.14. The van der Waals surface area contributed by atoms with Gasteiger partial charge in [0.15, 0.2) is 28.6 Å². The highest BCUT2D eigenvalue weighted by Gasteiger charge is 2.48. The lowest BCUT2D eigenvalue weighted by Crippen LogP contribution is -2.39. The molecular weight excluding hydrogens is 362 g/mol. The van der Waals surface area contributed by atoms with Crippen LogP contribution in [0.4, 0.5) is 5.82 Å². The summed E-state index contributed by atoms with van der Waals surface area (Å²) in [4.78, 5) is 23.3. The number of aliphatic hydroxyl groups excluding tert-OH is 2. The van der Waals surface area contributed by atoms with E-state index in [9.17, 15) is 15.0 Å². The van der Waals surface area contributed by atoms with E-state index >= 15 is 0 Å². The van der Waals surface area contributed by atoms with Crippen LogP contribution in [0.15, 0.2) is 6.33 Å². The molecule has 5 N–H and O–H groups in total. The lowest BCUT2D eigenvalue weighted by atomic mass is 9.97. The number of esters is 1. The van der Waals surface area contributed by atoms with E-state index in [1.165, 1.54) is 10.9 Å². The number of imidazole rings is 1. The van der Waals surface area contributed by atoms with Gasteiger partial charge in [-0.25, -0.2) is 9.97 Å². The van der Waals surface area contributed by atoms with E-state index in [4.69, 9.17) is 27.4 Å². The number of fused-ring (bicyclic) bond motifs is 1. The fraction of sp³-hybridized carbons (Fsp3) is 0.600. The predicted octanol–water partition coefficient (Wildman–Crippen LogP) is 0.280. The number of aliphatic hydroxyl groups is 2. The van der Waals surface area contributed by atoms with E-state index in [2.05, 4.69) is 15.0 Å². The first-order chi connectivity index (χ1) is 12.1. The van der Waals surface area contributed by atoms with Crippen LogP contribution >= 0.6 is 12.2 Å². The van der Waals surface area contributed by atoms with Gasteiger partial charge in [0.1, 0.15) is 24.1 Å². The molecule has 3 rings (SSSR count). The number of H-pyrrole nitrogens is 1. The average molecular weight is 383 g/mol. The van der Waals surface area contributed by atoms with Crippen LogP contribution in [0.2, 0.25) is 0 Å². The van der Waals surface area contributed by atoms with Crippen LogP contribution in [0, 0.1) is 10.2 Å². The molecule has 11 heteroatoms. The summed E-state index contributed by atoms with van der Waals surface area (Å²) in [5, 5.41) is 19.9. The van der Waals surface area contributed by atoms with Crippen molar-refractivity contribution in [2.75, 3.05) is 12.3 Å². The van der Waals surface area contributed by atoms with Crippen molar-refractivity contribution >= 4 is 35.2 Å². The largest absolute Gasteiger partial charge is 0.454 e. The molecule has 142 valence electrons. The number of nitrogen functional groups attached to an aromatic ring is 1. The smallest absolute Gasteiger partial charge is 0.311 e. The molecule has 2 unspecified atom stereocenters. The summed E-state index contributed by atoms with van der Waals surface area (Å²) in [5.74, 6) is -0.324. The number of hydrogen-bond donors (Lipinski definition) is 4. The zero-order chi connectivity index (χ0) is 19.2. The van der Waals surface area contributed by atoms with Crippen LogP contribution in [-0.4, -0.2) is 60.6 Å². The second-order valence-electron chi connectivity index (χ2n) is 7.12. The maximum absolute atomic E-state index is 12.3. The fourth-order valence-electron chi connectivity index (χ4n) is 2.70. The Morgan fingerprint density at radius 3 is 2.81 bits per heavy atom. The predicted molar refractivity (Wildman–Crippen MR) is 93.5 cm³/mol. The Morgan fingerprint density at radius 1 is 1.50 bits per heavy atom. The minimum absolute atomic E-state index is 0.195. The van der Waals surface area contributed by atoms with Gasteiger partial charge in [0.05, 0.1) is 12.0 Å². The maximum Gasteiger partial charge on any atom is 0.311 e. The normalized spacial score (nSPS) is 26.3. The van der Waals surface area contributed by atoms with Crippen LogP contribution in [-0.2, 0) is 14.3 Å². The molecule has 0 saturated carbocycles. The molecule has 0 radical (unpaired) electrons. The Morgan fingerprint density at radius 2 is 2.19 bits per heavy atom. The third kappa shape index (κ3) is 3.07. The molecule has 0 aliphatic carbocycles. The van der Waals surface area contributed by atoms with Gasteiger partial charge in [0.2, 0.25) is 0 Å². The molecule has 1 aliphatic heterocycles. The molecule has 1 saturated heterocycles. The molecular formula is C15H21N5O5S. The van der Waals surface area contributed by atoms with Gasteiger partial charge in [0.25, 0.3) is 0 Å². The van der Waals surface area contributed by atoms with E-state index in [0.717, 1.165) is 0 Å². The summed E-state index contributed by atoms with van der Waals surface area (Å²) in [6, 6.07) is 0. The van der Waals surface area contributed by atoms with Crippen molar-refractivity contribution in [1.29, 1.82) is 0 Å². The number of carbonyl (C=O) groups excluding carboxylic acids is 1. The summed E-state index contributed by atoms with van der Waals surface area (Å²) in [6.45, 7) is 4.64. The SMILES string of the molecule is CC(C)(C)C(=O)OC1C(O)[C@@H](CO)O[C@H]1n1c(=S)[nH]c2c(N)ncnc21. The van der Waals surface area contributed by atoms with Crippen LogP contribution < -0.4 is 5.73 Å². The average Bonchev–Trinajstić information content (AvgIpc) is 3.05. The number of rotatable bonds is 3. The number of aromatic amines is 1. The van der Waals surface area contributed by atoms with Gasteiger partial charge in [-0.3, -0.25) is 9.36 Å². The van der Waals surface area contributed by atoms with Crippen molar-refractivity contribution in [2.45, 2.75) is 45.3 Å². The lowest BCUT2D eigenvalue weighted by molar-refractivity contribution is -0.168. The number of hydrogen-bond acceptors (Lipinski definition) is 9. The van der Waals surface area contributed by atoms with E-state index in [1.807, 2.05) is 0 Å². The zero-order valence-electron chi connectivity index (χ0n) is 14.5. The van der Waals surface area contributed by atoms with Gasteiger partial charge in [-0.2, -0.15) is 0 Å². The van der Waals surface area contributed by atoms with Gasteiger partial charge in [-0.1, -0.05) is 0 Å². The first-order valence-corrected chi connectivity index (χ1v) is 8.42. The van der Waals surface area contributed by atoms with Gasteiger partial charge in [-0.15, -0.1) is 0 Å². The quantitative estimate of drug-likeness (QED) is 0.433. The lowest BCUT2D eigenvalue weighted by Gasteiger charge is -2.25. The van der Waals surface area contributed by atoms with Crippen LogP contribution in [0.5, 0.6) is 0 Å². The second-order valence-corrected chi connectivity index (χ2v) is 7.50. The zero-order valence-corrected chi connectivity index (χ0v) is 15.4. The molecule has 0 amide bonds. The van der Waals surface area contributed by atoms with E-state index in [1.54, 1.807) is 20.8 Å². The molecule has 0 spiro atoms. The molecule has 2 aromatic heterocycles. The van der Waals surface area contributed by atoms with E-state index in [-0.39, 0.29) is 10.6 Å². The number of nitrogens with one attached hydrogen (secondary N) is 1. The molecule has 0 bridgehead atoms. The Balaban J connectivity index is 2.07. The highest BCUT2D eigenvalue weighted by molar-refractivity contribution is 7.71. The topological polar surface area (TPSA) is 149 Å². The van der Waals surface area contributed by atoms with E-state index < -0.39 is 42.5 Å². The number of carbonyl (C=O) groups is 1. The molecule has 1 aliphatic rings. The first kappa shape index (κ1) is 18.7. The maximum atomic E-state index is 12.3. The van der Waals surface area contributed by atoms with Crippen LogP contribution in [0.1, 0.15) is 27.0 Å². The highest BCUT2D eigenvalue weighted by atomic mass is 32.1. The summed E-state index contributed by atoms with van der Waals surface area (Å²) in [5.41, 5.74) is 5.80. The number of anilines is 1. The summed E-state index contributed by atoms with van der Waals surface area (Å²) >= 11 is 5.32. The highest BCUT2D eigenvalue weighted by Crippen LogP contribution is 2.35. The summed E-state index contributed by atoms with van der Waals surface area (Å²) in [6.07, 6.45) is -2.97. The molecule has 1 fully saturated rings. The van der Waals surface area contributed by atoms with Crippen LogP contribution in [0.3, 0.4) is 0 Å². The molecule has 26 heavy (non-hydrogen) atoms. The minimum Gasteiger partial charge on any atom is -0.454 e. The van der Waals surface area contributed by atoms with Gasteiger partial charge in [-0.05, 0) is 33.0 Å². The Hall–Kier alpha value is -2.08. The van der Waals surface area contributed by atoms with Crippen molar-refractivity contribution in [3.05, 3.63) is 11.1 Å². The second kappa shape index (κ2) is 6.58. The number of nitrogens with zero attached hydrogens (tertiary/aromatic N) is 3. The standard InChI is InChI=1S/C15H21N5O5S/c1-15(2,3)13(23)25-9-8(22)6(4-21)24-12(9)20-11-7(19-14(20)26)10(16)17-5-18-11/h5-6,8-9,12,21-22H,4H2,1-3H3,(H,19,26)(H2,16,17,18)/t6-,8?,9?,12-/m1/s1. The Bertz CT molecular complexity index is 889. The number of nitrogens with two attached hydrogens (primary N) is 1. The van der Waals surface area contributed by atoms with Crippen molar-refractivity contribution in [1.82, 2.24) is 19.5 Å². The van der Waals surface area contributed by atoms with Crippen molar-refractivity contribution < 1.29 is 24.5 Å². The van der Waals surface area contributed by atoms with Crippen molar-refractivity contribution in [3.63, 3.8) is 0 Å². The summed E-state index contributed by atoms with van der Waals surface area (Å²) < 4.78 is 12.9. The van der Waals surface area contributed by atoms with E-state index in [0.29, 0.717) is 11.2 Å². The number of aromatic nitrogens is 4. The molecule has 3 heterocycles. The fourth-order valence-corrected chi connectivity index (χ4v) is 2.99. The molecule has 10 nitrogen and oxygen atoms in total. The molecule has 2 aromatic rings. The van der Waals surface area contributed by atoms with Crippen molar-refractivity contribution in [3.8, 4) is 0 Å². The van der Waals surface area contributed by atoms with Crippen molar-refractivity contribution in [2.24, 2.45) is 5.41 Å². The first-order valence-electron chi connectivity index (χ1n) is 8.01. The van der Waals surface area contributed by atoms with Gasteiger partial charge in [0, 0.05) is 0 Å². The Kier molecular flexibility index (Phi) is 4.73. The van der Waals surface area contributed by atoms with Crippen LogP contribution in [0.25, 0.3) is 11.2 Å². The van der Waals surface area contributed by atoms with Gasteiger partial charge < -0.3 is 30.4 Å². The molecule has 4 atom stereocenters. The number of ether oxygens (including phenoxy) is 2. The molecule has 0 aromatic carbocycles. The minimum atomic E-state index is -1.23. The monoisotopic (exact) mass is 383 g/mol.